The average molecular weight is 312 g/mol. The second kappa shape index (κ2) is 5.75. The van der Waals surface area contributed by atoms with E-state index in [1.54, 1.807) is 0 Å². The highest BCUT2D eigenvalue weighted by Gasteiger charge is 2.22. The molecule has 0 radical (unpaired) electrons. The molecular formula is C9H11Cl2N3O3S. The van der Waals surface area contributed by atoms with Gasteiger partial charge in [0.1, 0.15) is 6.54 Å². The molecular weight excluding hydrogens is 301 g/mol. The lowest BCUT2D eigenvalue weighted by molar-refractivity contribution is -0.119. The molecule has 1 aromatic carbocycles. The van der Waals surface area contributed by atoms with Gasteiger partial charge in [-0.1, -0.05) is 23.2 Å². The van der Waals surface area contributed by atoms with Crippen molar-refractivity contribution in [3.05, 3.63) is 28.2 Å². The summed E-state index contributed by atoms with van der Waals surface area (Å²) < 4.78 is 24.1. The number of carbonyl (C=O) groups excluding carboxylic acids is 1. The number of halogens is 2. The van der Waals surface area contributed by atoms with E-state index >= 15 is 0 Å². The maximum absolute atomic E-state index is 11.6. The van der Waals surface area contributed by atoms with Crippen LogP contribution in [0.3, 0.4) is 0 Å². The Labute approximate surface area is 115 Å². The Hall–Kier alpha value is -1.02. The molecule has 3 N–H and O–H groups in total. The molecule has 1 amide bonds. The van der Waals surface area contributed by atoms with Gasteiger partial charge in [0.2, 0.25) is 10.0 Å². The van der Waals surface area contributed by atoms with Gasteiger partial charge in [-0.15, -0.1) is 0 Å². The maximum atomic E-state index is 11.6. The Kier molecular flexibility index (Phi) is 4.80. The van der Waals surface area contributed by atoms with Crippen molar-refractivity contribution in [1.29, 1.82) is 0 Å². The first-order valence-electron chi connectivity index (χ1n) is 4.68. The van der Waals surface area contributed by atoms with Crippen molar-refractivity contribution in [2.45, 2.75) is 0 Å². The summed E-state index contributed by atoms with van der Waals surface area (Å²) in [7, 11) is -3.67. The van der Waals surface area contributed by atoms with Gasteiger partial charge >= 0.3 is 0 Å². The number of hydrogen-bond acceptors (Lipinski definition) is 4. The van der Waals surface area contributed by atoms with Crippen LogP contribution in [0.1, 0.15) is 0 Å². The Morgan fingerprint density at radius 3 is 2.50 bits per heavy atom. The summed E-state index contributed by atoms with van der Waals surface area (Å²) in [6, 6.07) is 4.27. The monoisotopic (exact) mass is 311 g/mol. The quantitative estimate of drug-likeness (QED) is 0.487. The minimum Gasteiger partial charge on any atom is -0.293 e. The molecule has 6 nitrogen and oxygen atoms in total. The molecule has 0 saturated carbocycles. The minimum atomic E-state index is -3.67. The van der Waals surface area contributed by atoms with E-state index in [1.165, 1.54) is 18.2 Å². The normalized spacial score (nSPS) is 11.1. The van der Waals surface area contributed by atoms with Gasteiger partial charge in [-0.2, -0.15) is 0 Å². The van der Waals surface area contributed by atoms with E-state index in [4.69, 9.17) is 29.0 Å². The van der Waals surface area contributed by atoms with Crippen LogP contribution in [-0.2, 0) is 14.8 Å². The van der Waals surface area contributed by atoms with Crippen LogP contribution in [0, 0.1) is 0 Å². The zero-order valence-corrected chi connectivity index (χ0v) is 11.7. The smallest absolute Gasteiger partial charge is 0.254 e. The number of hydrazine groups is 1. The Balaban J connectivity index is 3.22. The number of carbonyl (C=O) groups is 1. The standard InChI is InChI=1S/C9H11Cl2N3O3S/c1-18(16,17)14(5-9(15)13-12)8-3-2-6(10)4-7(8)11/h2-4H,5,12H2,1H3,(H,13,15). The van der Waals surface area contributed by atoms with Gasteiger partial charge in [-0.3, -0.25) is 14.5 Å². The number of sulfonamides is 1. The molecule has 0 aliphatic carbocycles. The SMILES string of the molecule is CS(=O)(=O)N(CC(=O)NN)c1ccc(Cl)cc1Cl. The zero-order valence-electron chi connectivity index (χ0n) is 9.35. The number of nitrogens with zero attached hydrogens (tertiary/aromatic N) is 1. The third kappa shape index (κ3) is 3.74. The zero-order chi connectivity index (χ0) is 13.9. The van der Waals surface area contributed by atoms with Crippen molar-refractivity contribution in [1.82, 2.24) is 5.43 Å². The number of nitrogens with one attached hydrogen (secondary N) is 1. The first-order chi connectivity index (χ1) is 8.25. The molecule has 100 valence electrons. The Morgan fingerprint density at radius 2 is 2.06 bits per heavy atom. The van der Waals surface area contributed by atoms with Crippen LogP contribution >= 0.6 is 23.2 Å². The summed E-state index contributed by atoms with van der Waals surface area (Å²) in [6.45, 7) is -0.462. The van der Waals surface area contributed by atoms with Gasteiger partial charge in [0.15, 0.2) is 0 Å². The van der Waals surface area contributed by atoms with Crippen molar-refractivity contribution in [3.8, 4) is 0 Å². The first kappa shape index (κ1) is 15.0. The Bertz CT molecular complexity index is 562. The summed E-state index contributed by atoms with van der Waals surface area (Å²) in [5.74, 6) is 4.27. The second-order valence-electron chi connectivity index (χ2n) is 3.43. The maximum Gasteiger partial charge on any atom is 0.254 e. The molecule has 0 spiro atoms. The topological polar surface area (TPSA) is 92.5 Å². The fourth-order valence-corrected chi connectivity index (χ4v) is 2.67. The van der Waals surface area contributed by atoms with Gasteiger partial charge in [0.05, 0.1) is 17.0 Å². The highest BCUT2D eigenvalue weighted by molar-refractivity contribution is 7.92. The molecule has 0 fully saturated rings. The fraction of sp³-hybridized carbons (Fsp3) is 0.222. The highest BCUT2D eigenvalue weighted by atomic mass is 35.5. The van der Waals surface area contributed by atoms with Gasteiger partial charge in [-0.25, -0.2) is 14.3 Å². The molecule has 0 bridgehead atoms. The van der Waals surface area contributed by atoms with Crippen molar-refractivity contribution in [3.63, 3.8) is 0 Å². The van der Waals surface area contributed by atoms with Crippen LogP contribution in [0.2, 0.25) is 10.0 Å². The van der Waals surface area contributed by atoms with Gasteiger partial charge in [0, 0.05) is 5.02 Å². The van der Waals surface area contributed by atoms with E-state index in [0.29, 0.717) is 5.02 Å². The largest absolute Gasteiger partial charge is 0.293 e. The number of anilines is 1. The molecule has 1 rings (SSSR count). The molecule has 0 heterocycles. The molecule has 0 aliphatic rings. The van der Waals surface area contributed by atoms with Crippen LogP contribution in [-0.4, -0.2) is 27.1 Å². The lowest BCUT2D eigenvalue weighted by atomic mass is 10.3. The molecule has 1 aromatic rings. The summed E-state index contributed by atoms with van der Waals surface area (Å²) in [5, 5.41) is 0.484. The molecule has 18 heavy (non-hydrogen) atoms. The van der Waals surface area contributed by atoms with Crippen molar-refractivity contribution in [2.24, 2.45) is 5.84 Å². The van der Waals surface area contributed by atoms with Gasteiger partial charge < -0.3 is 0 Å². The number of amides is 1. The summed E-state index contributed by atoms with van der Waals surface area (Å²) >= 11 is 11.6. The molecule has 0 atom stereocenters. The minimum absolute atomic E-state index is 0.123. The Morgan fingerprint density at radius 1 is 1.44 bits per heavy atom. The van der Waals surface area contributed by atoms with E-state index in [9.17, 15) is 13.2 Å². The summed E-state index contributed by atoms with van der Waals surface area (Å²) in [6.07, 6.45) is 0.960. The second-order valence-corrected chi connectivity index (χ2v) is 6.18. The number of benzene rings is 1. The fourth-order valence-electron chi connectivity index (χ4n) is 1.24. The molecule has 0 aliphatic heterocycles. The third-order valence-corrected chi connectivity index (χ3v) is 3.69. The third-order valence-electron chi connectivity index (χ3n) is 2.03. The van der Waals surface area contributed by atoms with Crippen LogP contribution in [0.15, 0.2) is 18.2 Å². The van der Waals surface area contributed by atoms with Crippen molar-refractivity contribution in [2.75, 3.05) is 17.1 Å². The van der Waals surface area contributed by atoms with E-state index in [-0.39, 0.29) is 10.7 Å². The van der Waals surface area contributed by atoms with E-state index in [2.05, 4.69) is 0 Å². The number of hydrogen-bond donors (Lipinski definition) is 2. The lowest BCUT2D eigenvalue weighted by Gasteiger charge is -2.22. The molecule has 9 heteroatoms. The van der Waals surface area contributed by atoms with Gasteiger partial charge in [-0.05, 0) is 18.2 Å². The van der Waals surface area contributed by atoms with E-state index < -0.39 is 22.5 Å². The van der Waals surface area contributed by atoms with Crippen LogP contribution in [0.5, 0.6) is 0 Å². The van der Waals surface area contributed by atoms with Crippen LogP contribution in [0.4, 0.5) is 5.69 Å². The van der Waals surface area contributed by atoms with Gasteiger partial charge in [0.25, 0.3) is 5.91 Å². The first-order valence-corrected chi connectivity index (χ1v) is 7.28. The number of nitrogens with two attached hydrogens (primary N) is 1. The molecule has 0 aromatic heterocycles. The van der Waals surface area contributed by atoms with E-state index in [1.807, 2.05) is 5.43 Å². The average Bonchev–Trinajstić information content (AvgIpc) is 2.25. The predicted molar refractivity (Wildman–Crippen MR) is 71.0 cm³/mol. The summed E-state index contributed by atoms with van der Waals surface area (Å²) in [5.41, 5.74) is 2.01. The van der Waals surface area contributed by atoms with Crippen molar-refractivity contribution < 1.29 is 13.2 Å². The van der Waals surface area contributed by atoms with E-state index in [0.717, 1.165) is 10.6 Å². The number of rotatable bonds is 4. The summed E-state index contributed by atoms with van der Waals surface area (Å²) in [4.78, 5) is 11.2. The van der Waals surface area contributed by atoms with Crippen LogP contribution in [0.25, 0.3) is 0 Å². The van der Waals surface area contributed by atoms with Crippen LogP contribution < -0.4 is 15.6 Å². The predicted octanol–water partition coefficient (Wildman–Crippen LogP) is 0.749. The highest BCUT2D eigenvalue weighted by Crippen LogP contribution is 2.30. The molecule has 0 unspecified atom stereocenters. The lowest BCUT2D eigenvalue weighted by Crippen LogP contribution is -2.42. The molecule has 0 saturated heterocycles. The van der Waals surface area contributed by atoms with Crippen molar-refractivity contribution >= 4 is 44.8 Å².